The number of hydrogen-bond acceptors (Lipinski definition) is 3. The van der Waals surface area contributed by atoms with Crippen molar-refractivity contribution in [2.24, 2.45) is 5.73 Å². The Morgan fingerprint density at radius 3 is 2.92 bits per heavy atom. The van der Waals surface area contributed by atoms with Crippen molar-refractivity contribution in [3.8, 4) is 0 Å². The molecule has 0 aromatic carbocycles. The molecule has 0 saturated carbocycles. The molecule has 62 valence electrons. The lowest BCUT2D eigenvalue weighted by molar-refractivity contribution is 0.100. The van der Waals surface area contributed by atoms with Gasteiger partial charge in [-0.1, -0.05) is 11.6 Å². The van der Waals surface area contributed by atoms with Gasteiger partial charge in [-0.05, 0) is 6.07 Å². The summed E-state index contributed by atoms with van der Waals surface area (Å²) in [6.07, 6.45) is 0. The molecule has 0 fully saturated rings. The number of primary amides is 1. The molecule has 0 bridgehead atoms. The van der Waals surface area contributed by atoms with Gasteiger partial charge in [0.15, 0.2) is 0 Å². The number of halogens is 1. The van der Waals surface area contributed by atoms with E-state index in [9.17, 15) is 4.79 Å². The molecule has 0 spiro atoms. The fourth-order valence-electron chi connectivity index (χ4n) is 0.918. The highest BCUT2D eigenvalue weighted by Gasteiger charge is 2.09. The monoisotopic (exact) mass is 217 g/mol. The lowest BCUT2D eigenvalue weighted by Gasteiger charge is -1.82. The fourth-order valence-corrected chi connectivity index (χ4v) is 3.31. The van der Waals surface area contributed by atoms with E-state index in [0.29, 0.717) is 9.90 Å². The number of thiophene rings is 2. The van der Waals surface area contributed by atoms with Crippen LogP contribution in [0.25, 0.3) is 9.40 Å². The van der Waals surface area contributed by atoms with E-state index < -0.39 is 0 Å². The maximum Gasteiger partial charge on any atom is 0.258 e. The molecule has 2 rings (SSSR count). The zero-order valence-electron chi connectivity index (χ0n) is 5.83. The van der Waals surface area contributed by atoms with E-state index >= 15 is 0 Å². The molecule has 0 unspecified atom stereocenters. The summed E-state index contributed by atoms with van der Waals surface area (Å²) in [6.45, 7) is 0. The minimum Gasteiger partial charge on any atom is -0.365 e. The van der Waals surface area contributed by atoms with Gasteiger partial charge >= 0.3 is 0 Å². The highest BCUT2D eigenvalue weighted by Crippen LogP contribution is 2.36. The average molecular weight is 218 g/mol. The Labute approximate surface area is 81.6 Å². The van der Waals surface area contributed by atoms with E-state index in [0.717, 1.165) is 9.40 Å². The molecule has 1 amide bonds. The average Bonchev–Trinajstić information content (AvgIpc) is 2.53. The van der Waals surface area contributed by atoms with Crippen LogP contribution in [0.3, 0.4) is 0 Å². The van der Waals surface area contributed by atoms with Crippen molar-refractivity contribution in [2.75, 3.05) is 0 Å². The summed E-state index contributed by atoms with van der Waals surface area (Å²) in [6, 6.07) is 1.74. The van der Waals surface area contributed by atoms with Crippen molar-refractivity contribution in [3.05, 3.63) is 21.3 Å². The number of carbonyl (C=O) groups excluding carboxylic acids is 1. The Hall–Kier alpha value is -0.580. The Bertz CT molecular complexity index is 445. The standard InChI is InChI=1S/C7H4ClNOS2/c8-4-2-11-7-3(4)1-5(12-7)6(9)10/h1-2H,(H2,9,10). The molecule has 0 aliphatic rings. The molecule has 0 radical (unpaired) electrons. The van der Waals surface area contributed by atoms with Crippen LogP contribution in [0.2, 0.25) is 5.02 Å². The first-order chi connectivity index (χ1) is 5.68. The van der Waals surface area contributed by atoms with Crippen LogP contribution in [0.4, 0.5) is 0 Å². The Kier molecular flexibility index (Phi) is 1.83. The van der Waals surface area contributed by atoms with E-state index in [1.54, 1.807) is 6.07 Å². The van der Waals surface area contributed by atoms with Crippen LogP contribution in [0, 0.1) is 0 Å². The topological polar surface area (TPSA) is 43.1 Å². The summed E-state index contributed by atoms with van der Waals surface area (Å²) >= 11 is 8.77. The number of carbonyl (C=O) groups is 1. The highest BCUT2D eigenvalue weighted by molar-refractivity contribution is 7.38. The minimum atomic E-state index is -0.389. The van der Waals surface area contributed by atoms with Crippen molar-refractivity contribution in [3.63, 3.8) is 0 Å². The first kappa shape index (κ1) is 8.04. The van der Waals surface area contributed by atoms with Gasteiger partial charge in [0.05, 0.1) is 13.9 Å². The van der Waals surface area contributed by atoms with Gasteiger partial charge in [0.1, 0.15) is 0 Å². The number of amides is 1. The molecule has 12 heavy (non-hydrogen) atoms. The molecule has 2 aromatic rings. The minimum absolute atomic E-state index is 0.389. The van der Waals surface area contributed by atoms with E-state index in [1.807, 2.05) is 5.38 Å². The van der Waals surface area contributed by atoms with Crippen molar-refractivity contribution in [1.29, 1.82) is 0 Å². The van der Waals surface area contributed by atoms with Gasteiger partial charge in [0.2, 0.25) is 0 Å². The summed E-state index contributed by atoms with van der Waals surface area (Å²) < 4.78 is 1.05. The largest absolute Gasteiger partial charge is 0.365 e. The normalized spacial score (nSPS) is 10.8. The molecule has 5 heteroatoms. The number of hydrogen-bond donors (Lipinski definition) is 1. The van der Waals surface area contributed by atoms with E-state index in [4.69, 9.17) is 17.3 Å². The zero-order valence-corrected chi connectivity index (χ0v) is 8.22. The highest BCUT2D eigenvalue weighted by atomic mass is 35.5. The third-order valence-corrected chi connectivity index (χ3v) is 4.18. The quantitative estimate of drug-likeness (QED) is 0.784. The lowest BCUT2D eigenvalue weighted by atomic mass is 10.3. The molecule has 0 saturated heterocycles. The molecule has 0 atom stereocenters. The van der Waals surface area contributed by atoms with Crippen molar-refractivity contribution >= 4 is 49.6 Å². The predicted molar refractivity (Wildman–Crippen MR) is 53.2 cm³/mol. The smallest absolute Gasteiger partial charge is 0.258 e. The van der Waals surface area contributed by atoms with E-state index in [-0.39, 0.29) is 5.91 Å². The van der Waals surface area contributed by atoms with Gasteiger partial charge < -0.3 is 5.73 Å². The fraction of sp³-hybridized carbons (Fsp3) is 0. The number of fused-ring (bicyclic) bond motifs is 1. The summed E-state index contributed by atoms with van der Waals surface area (Å²) in [7, 11) is 0. The summed E-state index contributed by atoms with van der Waals surface area (Å²) in [5, 5.41) is 3.48. The molecule has 2 nitrogen and oxygen atoms in total. The second-order valence-electron chi connectivity index (χ2n) is 2.26. The van der Waals surface area contributed by atoms with Crippen molar-refractivity contribution in [1.82, 2.24) is 0 Å². The van der Waals surface area contributed by atoms with Crippen LogP contribution in [0.5, 0.6) is 0 Å². The van der Waals surface area contributed by atoms with Crippen LogP contribution in [0.15, 0.2) is 11.4 Å². The molecule has 2 N–H and O–H groups in total. The lowest BCUT2D eigenvalue weighted by Crippen LogP contribution is -2.08. The Balaban J connectivity index is 2.70. The third-order valence-electron chi connectivity index (χ3n) is 1.47. The van der Waals surface area contributed by atoms with Gasteiger partial charge in [0, 0.05) is 10.8 Å². The first-order valence-corrected chi connectivity index (χ1v) is 5.22. The number of rotatable bonds is 1. The Morgan fingerprint density at radius 1 is 1.58 bits per heavy atom. The van der Waals surface area contributed by atoms with Crippen LogP contribution in [-0.4, -0.2) is 5.91 Å². The molecular formula is C7H4ClNOS2. The number of nitrogens with two attached hydrogens (primary N) is 1. The maximum atomic E-state index is 10.8. The second-order valence-corrected chi connectivity index (χ2v) is 4.86. The van der Waals surface area contributed by atoms with Gasteiger partial charge in [-0.15, -0.1) is 22.7 Å². The summed E-state index contributed by atoms with van der Waals surface area (Å²) in [5.74, 6) is -0.389. The molecule has 0 aliphatic carbocycles. The first-order valence-electron chi connectivity index (χ1n) is 3.15. The van der Waals surface area contributed by atoms with Crippen molar-refractivity contribution in [2.45, 2.75) is 0 Å². The van der Waals surface area contributed by atoms with Crippen LogP contribution < -0.4 is 5.73 Å². The van der Waals surface area contributed by atoms with E-state index in [1.165, 1.54) is 22.7 Å². The van der Waals surface area contributed by atoms with Crippen LogP contribution >= 0.6 is 34.3 Å². The van der Waals surface area contributed by atoms with Gasteiger partial charge in [-0.25, -0.2) is 0 Å². The SMILES string of the molecule is NC(=O)c1cc2c(Cl)csc2s1. The van der Waals surface area contributed by atoms with E-state index in [2.05, 4.69) is 0 Å². The van der Waals surface area contributed by atoms with Gasteiger partial charge in [-0.3, -0.25) is 4.79 Å². The van der Waals surface area contributed by atoms with Gasteiger partial charge in [0.25, 0.3) is 5.91 Å². The predicted octanol–water partition coefficient (Wildman–Crippen LogP) is 2.72. The second kappa shape index (κ2) is 2.73. The van der Waals surface area contributed by atoms with Crippen LogP contribution in [0.1, 0.15) is 9.67 Å². The Morgan fingerprint density at radius 2 is 2.33 bits per heavy atom. The third kappa shape index (κ3) is 1.12. The zero-order chi connectivity index (χ0) is 8.72. The van der Waals surface area contributed by atoms with Gasteiger partial charge in [-0.2, -0.15) is 0 Å². The summed E-state index contributed by atoms with van der Waals surface area (Å²) in [5.41, 5.74) is 5.12. The molecule has 2 heterocycles. The molecule has 0 aliphatic heterocycles. The van der Waals surface area contributed by atoms with Crippen molar-refractivity contribution < 1.29 is 4.79 Å². The van der Waals surface area contributed by atoms with Crippen LogP contribution in [-0.2, 0) is 0 Å². The summed E-state index contributed by atoms with van der Waals surface area (Å²) in [4.78, 5) is 11.3. The molecular weight excluding hydrogens is 214 g/mol. The molecule has 2 aromatic heterocycles. The maximum absolute atomic E-state index is 10.8.